The van der Waals surface area contributed by atoms with Gasteiger partial charge in [-0.1, -0.05) is 436 Å². The lowest BCUT2D eigenvalue weighted by atomic mass is 9.74. The molecule has 11 rings (SSSR count). The molecule has 1 unspecified atom stereocenters. The van der Waals surface area contributed by atoms with Gasteiger partial charge in [0.25, 0.3) is 0 Å². The summed E-state index contributed by atoms with van der Waals surface area (Å²) in [5.41, 5.74) is 28.1. The molecule has 0 aliphatic heterocycles. The summed E-state index contributed by atoms with van der Waals surface area (Å²) < 4.78 is 0. The Morgan fingerprint density at radius 2 is 0.374 bits per heavy atom. The molecule has 0 bridgehead atoms. The average Bonchev–Trinajstić information content (AvgIpc) is 0.760. The van der Waals surface area contributed by atoms with Crippen LogP contribution in [0.3, 0.4) is 0 Å². The molecule has 0 aliphatic rings. The van der Waals surface area contributed by atoms with Gasteiger partial charge in [0.1, 0.15) is 40.2 Å². The van der Waals surface area contributed by atoms with E-state index in [0.29, 0.717) is 91.6 Å². The number of hydrogen-bond donors (Lipinski definition) is 8. The summed E-state index contributed by atoms with van der Waals surface area (Å²) in [6.45, 7) is 92.0. The SMILES string of the molecule is CC(C)(C)c1cc(Cc2ccc(Nc3c(Cc4cc(C(C)(C)C)c(O)c(C(C)(C)C)c4)cc(Cc4cc(C(C)(C)C)c(O)c(C(C)(C)C)c4)cc3Cc3cc(C(Cc4cc(C(C)(C)C)c(O)c(C(C)(C)C)c4)c4cc(C(C)(C)C)c(O)c(C(C)(C)C)c4)ccc3Cc3ccc(Cc4cc(C(C)(C)C)c(O)c(C(C)(C)C)c4)cc3Cc3cc(C(C)(C)C)c(O)c(C(C)(C)C)c3)cc2)cc(C(C)(C)C)c1O. The Bertz CT molecular complexity index is 6140. The van der Waals surface area contributed by atoms with Crippen LogP contribution in [-0.4, -0.2) is 35.7 Å². The minimum absolute atomic E-state index is 0.302. The first-order valence-corrected chi connectivity index (χ1v) is 51.4. The van der Waals surface area contributed by atoms with Gasteiger partial charge in [0.15, 0.2) is 0 Å². The number of benzene rings is 11. The summed E-state index contributed by atoms with van der Waals surface area (Å²) in [6, 6.07) is 59.8. The van der Waals surface area contributed by atoms with Gasteiger partial charge < -0.3 is 41.1 Å². The molecule has 0 heterocycles. The van der Waals surface area contributed by atoms with Gasteiger partial charge in [-0.3, -0.25) is 0 Å². The standard InChI is InChI=1S/C131H177NO7/c1-118(2,3)96-60-80(61-97(111(96)133)119(4,5)6)51-77-44-49-94(50-45-77)132-110-92(58-84-68-104(126(25,26)27)115(137)105(69-84)127(28,29)30)56-79(53-82-64-100(122(13,14)15)113(135)101(65-82)123(16,17)18)57-93(110)74-90-73-88(95(91-75-108(130(37,38)39)117(139)109(76-91)131(40,41)42)59-85-70-106(128(31,32)33)116(138)107(71-85)129(34,35)36)48-47-87(90)72-86-46-43-78(52-81-62-98(120(7,8)9)112(134)99(63-81)121(10,11)12)54-89(86)55-83-66-102(124(19,20)21)114(136)103(67-83)125(22,23)24/h43-50,54,56-57,60-71,73,75-76,95,132-139H,51-53,55,58-59,72,74H2,1-42H3. The molecule has 0 spiro atoms. The Balaban J connectivity index is 1.30. The lowest BCUT2D eigenvalue weighted by molar-refractivity contribution is 0.421. The maximum atomic E-state index is 12.8. The van der Waals surface area contributed by atoms with Gasteiger partial charge in [-0.05, 0) is 312 Å². The van der Waals surface area contributed by atoms with E-state index in [0.717, 1.165) is 173 Å². The number of aromatic hydroxyl groups is 7. The van der Waals surface area contributed by atoms with Crippen LogP contribution < -0.4 is 5.32 Å². The molecule has 0 fully saturated rings. The molecule has 0 amide bonds. The molecule has 0 saturated carbocycles. The summed E-state index contributed by atoms with van der Waals surface area (Å²) in [6.07, 6.45) is 4.46. The monoisotopic (exact) mass is 1880 g/mol. The van der Waals surface area contributed by atoms with Crippen LogP contribution in [0.4, 0.5) is 11.4 Å². The summed E-state index contributed by atoms with van der Waals surface area (Å²) >= 11 is 0. The van der Waals surface area contributed by atoms with Crippen molar-refractivity contribution in [1.82, 2.24) is 0 Å². The molecule has 1 atom stereocenters. The minimum atomic E-state index is -0.459. The van der Waals surface area contributed by atoms with Crippen molar-refractivity contribution in [3.05, 3.63) is 330 Å². The second kappa shape index (κ2) is 38.3. The Morgan fingerprint density at radius 1 is 0.173 bits per heavy atom. The Kier molecular flexibility index (Phi) is 30.1. The molecular formula is C131H177NO7. The number of rotatable bonds is 20. The highest BCUT2D eigenvalue weighted by molar-refractivity contribution is 5.72. The fourth-order valence-corrected chi connectivity index (χ4v) is 20.4. The van der Waals surface area contributed by atoms with Crippen LogP contribution in [0, 0.1) is 0 Å². The van der Waals surface area contributed by atoms with Crippen molar-refractivity contribution in [2.45, 2.75) is 424 Å². The zero-order valence-corrected chi connectivity index (χ0v) is 93.9. The summed E-state index contributed by atoms with van der Waals surface area (Å²) in [5, 5.41) is 91.5. The van der Waals surface area contributed by atoms with Gasteiger partial charge in [0.2, 0.25) is 0 Å². The molecule has 8 N–H and O–H groups in total. The van der Waals surface area contributed by atoms with Crippen LogP contribution in [0.1, 0.15) is 469 Å². The van der Waals surface area contributed by atoms with Crippen molar-refractivity contribution in [3.63, 3.8) is 0 Å². The van der Waals surface area contributed by atoms with Crippen LogP contribution in [0.2, 0.25) is 0 Å². The Labute approximate surface area is 841 Å². The van der Waals surface area contributed by atoms with E-state index in [9.17, 15) is 35.7 Å². The number of phenolic OH excluding ortho intramolecular Hbond substituents is 7. The lowest BCUT2D eigenvalue weighted by Gasteiger charge is -2.31. The normalized spacial score (nSPS) is 13.7. The van der Waals surface area contributed by atoms with E-state index in [2.05, 4.69) is 454 Å². The van der Waals surface area contributed by atoms with E-state index in [1.54, 1.807) is 0 Å². The third kappa shape index (κ3) is 25.5. The number of hydrogen-bond acceptors (Lipinski definition) is 8. The van der Waals surface area contributed by atoms with Gasteiger partial charge in [-0.25, -0.2) is 0 Å². The van der Waals surface area contributed by atoms with Crippen molar-refractivity contribution >= 4 is 11.4 Å². The maximum absolute atomic E-state index is 12.8. The highest BCUT2D eigenvalue weighted by Gasteiger charge is 2.38. The van der Waals surface area contributed by atoms with Crippen LogP contribution in [0.25, 0.3) is 0 Å². The van der Waals surface area contributed by atoms with Gasteiger partial charge >= 0.3 is 0 Å². The van der Waals surface area contributed by atoms with E-state index >= 15 is 0 Å². The summed E-state index contributed by atoms with van der Waals surface area (Å²) in [4.78, 5) is 0. The summed E-state index contributed by atoms with van der Waals surface area (Å²) in [5.74, 6) is 2.08. The van der Waals surface area contributed by atoms with Crippen LogP contribution >= 0.6 is 0 Å². The van der Waals surface area contributed by atoms with E-state index in [1.165, 1.54) is 11.1 Å². The van der Waals surface area contributed by atoms with Crippen molar-refractivity contribution in [2.75, 3.05) is 5.32 Å². The first kappa shape index (κ1) is 109. The largest absolute Gasteiger partial charge is 0.507 e. The highest BCUT2D eigenvalue weighted by atomic mass is 16.3. The topological polar surface area (TPSA) is 154 Å². The molecule has 0 saturated heterocycles. The predicted molar refractivity (Wildman–Crippen MR) is 593 cm³/mol. The summed E-state index contributed by atoms with van der Waals surface area (Å²) in [7, 11) is 0. The van der Waals surface area contributed by atoms with Crippen molar-refractivity contribution < 1.29 is 35.7 Å². The zero-order valence-electron chi connectivity index (χ0n) is 93.9. The maximum Gasteiger partial charge on any atom is 0.123 e. The van der Waals surface area contributed by atoms with Gasteiger partial charge in [-0.2, -0.15) is 0 Å². The molecule has 0 aliphatic carbocycles. The molecular weight excluding hydrogens is 1700 g/mol. The number of nitrogens with one attached hydrogen (secondary N) is 1. The van der Waals surface area contributed by atoms with Crippen molar-refractivity contribution in [1.29, 1.82) is 0 Å². The molecule has 139 heavy (non-hydrogen) atoms. The predicted octanol–water partition coefficient (Wildman–Crippen LogP) is 34.0. The quantitative estimate of drug-likeness (QED) is 0.0375. The van der Waals surface area contributed by atoms with Crippen LogP contribution in [0.15, 0.2) is 158 Å². The minimum Gasteiger partial charge on any atom is -0.507 e. The van der Waals surface area contributed by atoms with E-state index in [4.69, 9.17) is 0 Å². The first-order chi connectivity index (χ1) is 63.1. The van der Waals surface area contributed by atoms with E-state index in [-0.39, 0.29) is 38.4 Å². The lowest BCUT2D eigenvalue weighted by Crippen LogP contribution is -2.20. The van der Waals surface area contributed by atoms with Gasteiger partial charge in [0, 0.05) is 17.3 Å². The molecule has 0 aromatic heterocycles. The molecule has 0 radical (unpaired) electrons. The fourth-order valence-electron chi connectivity index (χ4n) is 20.4. The fraction of sp³-hybridized carbons (Fsp3) is 0.496. The molecule has 11 aromatic rings. The second-order valence-electron chi connectivity index (χ2n) is 55.9. The molecule has 748 valence electrons. The number of anilines is 2. The van der Waals surface area contributed by atoms with Crippen molar-refractivity contribution in [3.8, 4) is 40.2 Å². The van der Waals surface area contributed by atoms with Crippen LogP contribution in [0.5, 0.6) is 40.2 Å². The van der Waals surface area contributed by atoms with Crippen molar-refractivity contribution in [2.24, 2.45) is 0 Å². The molecule has 11 aromatic carbocycles. The molecule has 8 heteroatoms. The Hall–Kier alpha value is -10.2. The highest BCUT2D eigenvalue weighted by Crippen LogP contribution is 2.52. The van der Waals surface area contributed by atoms with Crippen LogP contribution in [-0.2, 0) is 127 Å². The van der Waals surface area contributed by atoms with Gasteiger partial charge in [-0.15, -0.1) is 0 Å². The number of phenols is 7. The van der Waals surface area contributed by atoms with Gasteiger partial charge in [0.05, 0.1) is 0 Å². The smallest absolute Gasteiger partial charge is 0.123 e. The first-order valence-electron chi connectivity index (χ1n) is 51.4. The Morgan fingerprint density at radius 3 is 0.662 bits per heavy atom. The third-order valence-electron chi connectivity index (χ3n) is 28.6. The average molecular weight is 1880 g/mol. The van der Waals surface area contributed by atoms with E-state index in [1.807, 2.05) is 0 Å². The third-order valence-corrected chi connectivity index (χ3v) is 28.6. The molecule has 8 nitrogen and oxygen atoms in total. The second-order valence-corrected chi connectivity index (χ2v) is 55.9. The van der Waals surface area contributed by atoms with E-state index < -0.39 is 43.3 Å². The zero-order chi connectivity index (χ0) is 104.